The third kappa shape index (κ3) is 4.49. The van der Waals surface area contributed by atoms with Crippen molar-refractivity contribution in [3.05, 3.63) is 16.7 Å². The van der Waals surface area contributed by atoms with Gasteiger partial charge in [-0.2, -0.15) is 4.98 Å². The second-order valence-electron chi connectivity index (χ2n) is 7.11. The van der Waals surface area contributed by atoms with Crippen LogP contribution in [-0.4, -0.2) is 55.5 Å². The van der Waals surface area contributed by atoms with Gasteiger partial charge in [-0.1, -0.05) is 25.7 Å². The number of carbonyl (C=O) groups is 1. The number of nitrogens with two attached hydrogens (primary N) is 2. The minimum Gasteiger partial charge on any atom is -0.461 e. The zero-order valence-electron chi connectivity index (χ0n) is 15.6. The van der Waals surface area contributed by atoms with Crippen molar-refractivity contribution in [3.63, 3.8) is 0 Å². The van der Waals surface area contributed by atoms with Crippen molar-refractivity contribution in [2.45, 2.75) is 56.9 Å². The second kappa shape index (κ2) is 8.67. The highest BCUT2D eigenvalue weighted by Crippen LogP contribution is 2.26. The number of aliphatic hydroxyl groups excluding tert-OH is 1. The van der Waals surface area contributed by atoms with Crippen LogP contribution >= 0.6 is 0 Å². The van der Waals surface area contributed by atoms with Crippen LogP contribution in [0.3, 0.4) is 0 Å². The first-order valence-electron chi connectivity index (χ1n) is 9.32. The largest absolute Gasteiger partial charge is 0.461 e. The number of fused-ring (bicyclic) bond motifs is 1. The third-order valence-corrected chi connectivity index (χ3v) is 4.95. The first-order chi connectivity index (χ1) is 13.4. The molecule has 0 aromatic carbocycles. The average molecular weight is 394 g/mol. The molecule has 0 saturated heterocycles. The molecule has 2 aromatic heterocycles. The van der Waals surface area contributed by atoms with E-state index in [1.54, 1.807) is 0 Å². The van der Waals surface area contributed by atoms with Crippen molar-refractivity contribution >= 4 is 23.1 Å². The molecule has 3 rings (SSSR count). The second-order valence-corrected chi connectivity index (χ2v) is 7.11. The number of aromatic nitrogens is 4. The Bertz CT molecular complexity index is 871. The number of hydrogen-bond donors (Lipinski definition) is 4. The van der Waals surface area contributed by atoms with Gasteiger partial charge >= 0.3 is 5.97 Å². The first kappa shape index (κ1) is 20.2. The highest BCUT2D eigenvalue weighted by molar-refractivity contribution is 5.80. The molecule has 154 valence electrons. The van der Waals surface area contributed by atoms with Crippen LogP contribution in [0.4, 0.5) is 5.95 Å². The summed E-state index contributed by atoms with van der Waals surface area (Å²) >= 11 is 0. The fourth-order valence-electron chi connectivity index (χ4n) is 3.28. The molecule has 1 aliphatic carbocycles. The van der Waals surface area contributed by atoms with Gasteiger partial charge < -0.3 is 26.0 Å². The lowest BCUT2D eigenvalue weighted by atomic mass is 9.92. The third-order valence-electron chi connectivity index (χ3n) is 4.95. The van der Waals surface area contributed by atoms with Crippen LogP contribution in [0.2, 0.25) is 0 Å². The molecule has 1 atom stereocenters. The summed E-state index contributed by atoms with van der Waals surface area (Å²) in [5.41, 5.74) is 10.7. The monoisotopic (exact) mass is 394 g/mol. The smallest absolute Gasteiger partial charge is 0.326 e. The zero-order valence-corrected chi connectivity index (χ0v) is 15.6. The van der Waals surface area contributed by atoms with Crippen LogP contribution in [0.15, 0.2) is 11.1 Å². The van der Waals surface area contributed by atoms with Crippen molar-refractivity contribution in [3.8, 4) is 0 Å². The number of imidazole rings is 1. The van der Waals surface area contributed by atoms with E-state index in [0.29, 0.717) is 12.8 Å². The van der Waals surface area contributed by atoms with Crippen LogP contribution in [0, 0.1) is 0 Å². The van der Waals surface area contributed by atoms with E-state index in [2.05, 4.69) is 15.0 Å². The molecule has 11 nitrogen and oxygen atoms in total. The summed E-state index contributed by atoms with van der Waals surface area (Å²) in [5.74, 6) is -0.506. The first-order valence-corrected chi connectivity index (χ1v) is 9.32. The van der Waals surface area contributed by atoms with Crippen molar-refractivity contribution in [2.75, 3.05) is 18.9 Å². The normalized spacial score (nSPS) is 17.9. The lowest BCUT2D eigenvalue weighted by Gasteiger charge is -2.26. The molecule has 1 saturated carbocycles. The van der Waals surface area contributed by atoms with E-state index in [4.69, 9.17) is 20.9 Å². The Kier molecular flexibility index (Phi) is 6.27. The number of H-pyrrole nitrogens is 1. The maximum Gasteiger partial charge on any atom is 0.326 e. The van der Waals surface area contributed by atoms with E-state index in [1.165, 1.54) is 10.9 Å². The summed E-state index contributed by atoms with van der Waals surface area (Å²) in [4.78, 5) is 34.6. The van der Waals surface area contributed by atoms with Gasteiger partial charge in [0.05, 0.1) is 12.9 Å². The number of nitrogens with zero attached hydrogens (tertiary/aromatic N) is 3. The van der Waals surface area contributed by atoms with E-state index in [0.717, 1.165) is 25.7 Å². The predicted octanol–water partition coefficient (Wildman–Crippen LogP) is -0.368. The molecule has 0 amide bonds. The van der Waals surface area contributed by atoms with Gasteiger partial charge in [0, 0.05) is 0 Å². The van der Waals surface area contributed by atoms with E-state index in [9.17, 15) is 14.7 Å². The van der Waals surface area contributed by atoms with Crippen LogP contribution in [0.5, 0.6) is 0 Å². The molecule has 6 N–H and O–H groups in total. The van der Waals surface area contributed by atoms with E-state index in [1.807, 2.05) is 0 Å². The van der Waals surface area contributed by atoms with Gasteiger partial charge in [-0.25, -0.2) is 4.98 Å². The van der Waals surface area contributed by atoms with Gasteiger partial charge in [-0.05, 0) is 12.8 Å². The van der Waals surface area contributed by atoms with E-state index in [-0.39, 0.29) is 37.1 Å². The highest BCUT2D eigenvalue weighted by Gasteiger charge is 2.36. The maximum absolute atomic E-state index is 12.4. The van der Waals surface area contributed by atoms with E-state index >= 15 is 0 Å². The molecule has 1 unspecified atom stereocenters. The van der Waals surface area contributed by atoms with E-state index < -0.39 is 23.2 Å². The number of carbonyl (C=O) groups excluding carboxylic acids is 1. The van der Waals surface area contributed by atoms with Crippen LogP contribution < -0.4 is 17.0 Å². The number of aliphatic hydroxyl groups is 1. The van der Waals surface area contributed by atoms with Gasteiger partial charge in [-0.3, -0.25) is 19.1 Å². The highest BCUT2D eigenvalue weighted by atomic mass is 16.6. The molecule has 0 spiro atoms. The van der Waals surface area contributed by atoms with Gasteiger partial charge in [-0.15, -0.1) is 0 Å². The quantitative estimate of drug-likeness (QED) is 0.361. The number of anilines is 1. The Hall–Kier alpha value is -2.50. The van der Waals surface area contributed by atoms with Crippen LogP contribution in [0.1, 0.15) is 38.5 Å². The summed E-state index contributed by atoms with van der Waals surface area (Å²) in [7, 11) is 0. The van der Waals surface area contributed by atoms with Crippen molar-refractivity contribution in [1.82, 2.24) is 19.5 Å². The summed E-state index contributed by atoms with van der Waals surface area (Å²) in [6, 6.07) is 0. The van der Waals surface area contributed by atoms with Crippen LogP contribution in [0.25, 0.3) is 11.2 Å². The zero-order chi connectivity index (χ0) is 20.1. The molecule has 11 heteroatoms. The number of nitrogens with one attached hydrogen (secondary N) is 1. The van der Waals surface area contributed by atoms with Crippen molar-refractivity contribution in [2.24, 2.45) is 5.73 Å². The number of hydrogen-bond acceptors (Lipinski definition) is 9. The predicted molar refractivity (Wildman–Crippen MR) is 100 cm³/mol. The summed E-state index contributed by atoms with van der Waals surface area (Å²) in [5, 5.41) is 9.53. The van der Waals surface area contributed by atoms with Crippen molar-refractivity contribution < 1.29 is 19.4 Å². The Morgan fingerprint density at radius 3 is 2.75 bits per heavy atom. The van der Waals surface area contributed by atoms with Crippen molar-refractivity contribution in [1.29, 1.82) is 0 Å². The molecular formula is C17H26N6O5. The van der Waals surface area contributed by atoms with Gasteiger partial charge in [0.15, 0.2) is 11.2 Å². The number of aromatic amines is 1. The number of esters is 1. The molecule has 0 radical (unpaired) electrons. The molecule has 2 aromatic rings. The van der Waals surface area contributed by atoms with Gasteiger partial charge in [0.2, 0.25) is 5.95 Å². The van der Waals surface area contributed by atoms with Crippen LogP contribution in [-0.2, 0) is 21.0 Å². The van der Waals surface area contributed by atoms with Gasteiger partial charge in [0.1, 0.15) is 25.0 Å². The number of rotatable bonds is 7. The fourth-order valence-corrected chi connectivity index (χ4v) is 3.28. The molecule has 1 aliphatic rings. The number of ether oxygens (including phenoxy) is 2. The topological polar surface area (TPSA) is 171 Å². The molecule has 1 fully saturated rings. The SMILES string of the molecule is Nc1nc2c(ncn2COC(CO)COC(=O)C2(N)CCCCCC2)c(=O)[nH]1. The fraction of sp³-hybridized carbons (Fsp3) is 0.647. The average Bonchev–Trinajstić information content (AvgIpc) is 2.93. The summed E-state index contributed by atoms with van der Waals surface area (Å²) in [6.45, 7) is -0.534. The maximum atomic E-state index is 12.4. The summed E-state index contributed by atoms with van der Waals surface area (Å²) < 4.78 is 12.4. The minimum absolute atomic E-state index is 0.0384. The molecule has 2 heterocycles. The Morgan fingerprint density at radius 1 is 1.36 bits per heavy atom. The molecule has 28 heavy (non-hydrogen) atoms. The molecular weight excluding hydrogens is 368 g/mol. The standard InChI is InChI=1S/C17H26N6O5/c18-16-21-13-12(14(25)22-16)20-9-23(13)10-28-11(7-24)8-27-15(26)17(19)5-3-1-2-4-6-17/h9,11,24H,1-8,10,19H2,(H3,18,21,22,25). The summed E-state index contributed by atoms with van der Waals surface area (Å²) in [6.07, 6.45) is 5.74. The Labute approximate surface area is 161 Å². The molecule has 0 aliphatic heterocycles. The molecule has 0 bridgehead atoms. The number of nitrogen functional groups attached to an aromatic ring is 1. The minimum atomic E-state index is -0.973. The van der Waals surface area contributed by atoms with Gasteiger partial charge in [0.25, 0.3) is 5.56 Å². The Balaban J connectivity index is 1.58. The Morgan fingerprint density at radius 2 is 2.07 bits per heavy atom. The lowest BCUT2D eigenvalue weighted by Crippen LogP contribution is -2.49. The lowest BCUT2D eigenvalue weighted by molar-refractivity contribution is -0.157.